The molecule has 1 amide bonds. The molecule has 170 valence electrons. The first-order valence-corrected chi connectivity index (χ1v) is 11.1. The van der Waals surface area contributed by atoms with E-state index in [0.717, 1.165) is 30.2 Å². The Morgan fingerprint density at radius 2 is 1.65 bits per heavy atom. The number of hydrogen-bond acceptors (Lipinski definition) is 6. The van der Waals surface area contributed by atoms with Gasteiger partial charge in [0, 0.05) is 42.3 Å². The number of hydrogen-bond donors (Lipinski definition) is 1. The van der Waals surface area contributed by atoms with Crippen LogP contribution in [0.3, 0.4) is 0 Å². The Hall–Kier alpha value is -4.23. The van der Waals surface area contributed by atoms with Crippen molar-refractivity contribution in [3.8, 4) is 22.8 Å². The molecule has 34 heavy (non-hydrogen) atoms. The molecule has 0 aliphatic carbocycles. The number of morpholine rings is 1. The molecule has 2 aromatic carbocycles. The van der Waals surface area contributed by atoms with Crippen molar-refractivity contribution in [1.29, 1.82) is 0 Å². The molecule has 1 saturated heterocycles. The zero-order valence-electron chi connectivity index (χ0n) is 18.6. The number of pyridine rings is 2. The summed E-state index contributed by atoms with van der Waals surface area (Å²) in [6, 6.07) is 24.3. The summed E-state index contributed by atoms with van der Waals surface area (Å²) in [6.45, 7) is 3.09. The van der Waals surface area contributed by atoms with Crippen LogP contribution < -0.4 is 15.0 Å². The third-order valence-corrected chi connectivity index (χ3v) is 5.49. The Morgan fingerprint density at radius 3 is 2.38 bits per heavy atom. The lowest BCUT2D eigenvalue weighted by Crippen LogP contribution is -2.36. The Labute approximate surface area is 198 Å². The number of benzene rings is 2. The quantitative estimate of drug-likeness (QED) is 0.442. The first-order chi connectivity index (χ1) is 16.7. The van der Waals surface area contributed by atoms with E-state index in [0.29, 0.717) is 35.9 Å². The highest BCUT2D eigenvalue weighted by molar-refractivity contribution is 6.04. The van der Waals surface area contributed by atoms with Crippen LogP contribution in [-0.2, 0) is 4.74 Å². The molecular weight excluding hydrogens is 428 g/mol. The van der Waals surface area contributed by atoms with Crippen molar-refractivity contribution in [3.05, 3.63) is 96.8 Å². The molecule has 0 bridgehead atoms. The predicted octanol–water partition coefficient (Wildman–Crippen LogP) is 5.02. The number of nitrogens with one attached hydrogen (secondary N) is 1. The summed E-state index contributed by atoms with van der Waals surface area (Å²) in [5.74, 6) is 2.17. The number of para-hydroxylation sites is 1. The average molecular weight is 453 g/mol. The van der Waals surface area contributed by atoms with E-state index >= 15 is 0 Å². The van der Waals surface area contributed by atoms with Crippen LogP contribution in [0, 0.1) is 0 Å². The fraction of sp³-hybridized carbons (Fsp3) is 0.148. The van der Waals surface area contributed by atoms with Crippen molar-refractivity contribution >= 4 is 17.4 Å². The molecule has 1 N–H and O–H groups in total. The molecule has 1 fully saturated rings. The summed E-state index contributed by atoms with van der Waals surface area (Å²) >= 11 is 0. The van der Waals surface area contributed by atoms with E-state index in [-0.39, 0.29) is 5.91 Å². The molecule has 7 nitrogen and oxygen atoms in total. The number of rotatable bonds is 6. The lowest BCUT2D eigenvalue weighted by atomic mass is 10.1. The van der Waals surface area contributed by atoms with Gasteiger partial charge in [-0.15, -0.1) is 0 Å². The molecule has 7 heteroatoms. The number of amides is 1. The molecule has 0 unspecified atom stereocenters. The third-order valence-electron chi connectivity index (χ3n) is 5.49. The minimum atomic E-state index is -0.210. The van der Waals surface area contributed by atoms with Gasteiger partial charge in [0.2, 0.25) is 0 Å². The molecule has 0 atom stereocenters. The van der Waals surface area contributed by atoms with Gasteiger partial charge >= 0.3 is 0 Å². The number of carbonyl (C=O) groups excluding carboxylic acids is 1. The molecule has 2 aromatic heterocycles. The zero-order valence-corrected chi connectivity index (χ0v) is 18.6. The molecule has 3 heterocycles. The van der Waals surface area contributed by atoms with Gasteiger partial charge in [-0.05, 0) is 60.7 Å². The smallest absolute Gasteiger partial charge is 0.255 e. The fourth-order valence-electron chi connectivity index (χ4n) is 3.68. The SMILES string of the molecule is O=C(Nc1ccc(Oc2ccccc2)cc1)c1ccnc(-c2ccc(N3CCOCC3)nc2)c1. The molecule has 0 saturated carbocycles. The minimum absolute atomic E-state index is 0.210. The topological polar surface area (TPSA) is 76.6 Å². The van der Waals surface area contributed by atoms with Gasteiger partial charge in [-0.2, -0.15) is 0 Å². The van der Waals surface area contributed by atoms with E-state index in [2.05, 4.69) is 20.2 Å². The third kappa shape index (κ3) is 5.22. The van der Waals surface area contributed by atoms with Gasteiger partial charge in [0.05, 0.1) is 18.9 Å². The van der Waals surface area contributed by atoms with E-state index in [1.54, 1.807) is 24.5 Å². The van der Waals surface area contributed by atoms with Crippen LogP contribution in [0.25, 0.3) is 11.3 Å². The van der Waals surface area contributed by atoms with Gasteiger partial charge in [-0.3, -0.25) is 9.78 Å². The highest BCUT2D eigenvalue weighted by Crippen LogP contribution is 2.24. The van der Waals surface area contributed by atoms with Crippen molar-refractivity contribution in [1.82, 2.24) is 9.97 Å². The maximum absolute atomic E-state index is 12.8. The maximum atomic E-state index is 12.8. The summed E-state index contributed by atoms with van der Waals surface area (Å²) in [5, 5.41) is 2.92. The van der Waals surface area contributed by atoms with Crippen LogP contribution in [0.15, 0.2) is 91.3 Å². The van der Waals surface area contributed by atoms with Crippen molar-refractivity contribution in [2.24, 2.45) is 0 Å². The molecule has 0 radical (unpaired) electrons. The van der Waals surface area contributed by atoms with Gasteiger partial charge in [-0.1, -0.05) is 18.2 Å². The van der Waals surface area contributed by atoms with Crippen LogP contribution in [0.4, 0.5) is 11.5 Å². The standard InChI is InChI=1S/C27H24N4O3/c32-27(30-22-7-9-24(10-8-22)34-23-4-2-1-3-5-23)20-12-13-28-25(18-20)21-6-11-26(29-19-21)31-14-16-33-17-15-31/h1-13,18-19H,14-17H2,(H,30,32). The number of anilines is 2. The van der Waals surface area contributed by atoms with Crippen molar-refractivity contribution in [2.75, 3.05) is 36.5 Å². The number of nitrogens with zero attached hydrogens (tertiary/aromatic N) is 3. The molecule has 1 aliphatic heterocycles. The average Bonchev–Trinajstić information content (AvgIpc) is 2.91. The van der Waals surface area contributed by atoms with Gasteiger partial charge in [0.1, 0.15) is 17.3 Å². The van der Waals surface area contributed by atoms with E-state index in [1.807, 2.05) is 66.7 Å². The molecule has 1 aliphatic rings. The van der Waals surface area contributed by atoms with Crippen molar-refractivity contribution < 1.29 is 14.3 Å². The Kier molecular flexibility index (Phi) is 6.45. The lowest BCUT2D eigenvalue weighted by Gasteiger charge is -2.27. The first-order valence-electron chi connectivity index (χ1n) is 11.1. The summed E-state index contributed by atoms with van der Waals surface area (Å²) in [7, 11) is 0. The van der Waals surface area contributed by atoms with E-state index in [9.17, 15) is 4.79 Å². The Balaban J connectivity index is 1.24. The number of aromatic nitrogens is 2. The Morgan fingerprint density at radius 1 is 0.882 bits per heavy atom. The first kappa shape index (κ1) is 21.6. The second-order valence-corrected chi connectivity index (χ2v) is 7.83. The molecule has 0 spiro atoms. The van der Waals surface area contributed by atoms with Crippen LogP contribution in [0.2, 0.25) is 0 Å². The van der Waals surface area contributed by atoms with Crippen molar-refractivity contribution in [2.45, 2.75) is 0 Å². The van der Waals surface area contributed by atoms with Gasteiger partial charge in [0.25, 0.3) is 5.91 Å². The highest BCUT2D eigenvalue weighted by atomic mass is 16.5. The highest BCUT2D eigenvalue weighted by Gasteiger charge is 2.13. The van der Waals surface area contributed by atoms with Crippen molar-refractivity contribution in [3.63, 3.8) is 0 Å². The fourth-order valence-corrected chi connectivity index (χ4v) is 3.68. The summed E-state index contributed by atoms with van der Waals surface area (Å²) < 4.78 is 11.2. The molecular formula is C27H24N4O3. The molecule has 5 rings (SSSR count). The van der Waals surface area contributed by atoms with Gasteiger partial charge < -0.3 is 19.7 Å². The predicted molar refractivity (Wildman–Crippen MR) is 131 cm³/mol. The minimum Gasteiger partial charge on any atom is -0.457 e. The zero-order chi connectivity index (χ0) is 23.2. The lowest BCUT2D eigenvalue weighted by molar-refractivity contribution is 0.102. The van der Waals surface area contributed by atoms with E-state index < -0.39 is 0 Å². The summed E-state index contributed by atoms with van der Waals surface area (Å²) in [6.07, 6.45) is 3.43. The Bertz CT molecular complexity index is 1240. The number of ether oxygens (including phenoxy) is 2. The summed E-state index contributed by atoms with van der Waals surface area (Å²) in [4.78, 5) is 24.0. The maximum Gasteiger partial charge on any atom is 0.255 e. The summed E-state index contributed by atoms with van der Waals surface area (Å²) in [5.41, 5.74) is 2.75. The molecule has 4 aromatic rings. The van der Waals surface area contributed by atoms with Crippen LogP contribution in [-0.4, -0.2) is 42.2 Å². The van der Waals surface area contributed by atoms with Crippen LogP contribution in [0.5, 0.6) is 11.5 Å². The monoisotopic (exact) mass is 452 g/mol. The van der Waals surface area contributed by atoms with Gasteiger partial charge in [0.15, 0.2) is 0 Å². The van der Waals surface area contributed by atoms with E-state index in [1.165, 1.54) is 0 Å². The van der Waals surface area contributed by atoms with Crippen LogP contribution >= 0.6 is 0 Å². The largest absolute Gasteiger partial charge is 0.457 e. The number of carbonyl (C=O) groups is 1. The van der Waals surface area contributed by atoms with Gasteiger partial charge in [-0.25, -0.2) is 4.98 Å². The second kappa shape index (κ2) is 10.1. The van der Waals surface area contributed by atoms with E-state index in [4.69, 9.17) is 9.47 Å². The second-order valence-electron chi connectivity index (χ2n) is 7.83. The normalized spacial score (nSPS) is 13.4. The van der Waals surface area contributed by atoms with Crippen LogP contribution in [0.1, 0.15) is 10.4 Å².